The second-order valence-electron chi connectivity index (χ2n) is 5.47. The van der Waals surface area contributed by atoms with Crippen molar-refractivity contribution in [3.8, 4) is 0 Å². The Kier molecular flexibility index (Phi) is 6.84. The van der Waals surface area contributed by atoms with Gasteiger partial charge in [0.05, 0.1) is 26.5 Å². The van der Waals surface area contributed by atoms with Gasteiger partial charge in [0.15, 0.2) is 0 Å². The van der Waals surface area contributed by atoms with E-state index in [1.165, 1.54) is 4.90 Å². The lowest BCUT2D eigenvalue weighted by Gasteiger charge is -2.17. The Labute approximate surface area is 125 Å². The lowest BCUT2D eigenvalue weighted by molar-refractivity contribution is -0.876. The summed E-state index contributed by atoms with van der Waals surface area (Å²) in [6, 6.07) is 6.53. The fraction of sp³-hybridized carbons (Fsp3) is 0.467. The van der Waals surface area contributed by atoms with Crippen LogP contribution in [0.4, 0.5) is 5.69 Å². The van der Waals surface area contributed by atoms with Crippen LogP contribution in [0.5, 0.6) is 0 Å². The number of likely N-dealkylation sites (N-methyl/N-ethyl adjacent to an activating group) is 1. The number of aryl methyl sites for hydroxylation is 1. The lowest BCUT2D eigenvalue weighted by Crippen LogP contribution is -3.10. The van der Waals surface area contributed by atoms with Gasteiger partial charge >= 0.3 is 0 Å². The molecule has 21 heavy (non-hydrogen) atoms. The minimum absolute atomic E-state index is 0.0978. The first kappa shape index (κ1) is 17.1. The predicted molar refractivity (Wildman–Crippen MR) is 77.7 cm³/mol. The lowest BCUT2D eigenvalue weighted by atomic mass is 10.1. The number of anilines is 1. The molecule has 0 heterocycles. The zero-order chi connectivity index (χ0) is 15.8. The van der Waals surface area contributed by atoms with Gasteiger partial charge in [-0.1, -0.05) is 18.2 Å². The van der Waals surface area contributed by atoms with Crippen LogP contribution < -0.4 is 20.6 Å². The molecule has 0 radical (unpaired) electrons. The summed E-state index contributed by atoms with van der Waals surface area (Å²) in [7, 11) is 3.99. The molecule has 6 nitrogen and oxygen atoms in total. The molecule has 0 aliphatic rings. The molecule has 1 atom stereocenters. The van der Waals surface area contributed by atoms with Crippen molar-refractivity contribution in [2.45, 2.75) is 19.4 Å². The van der Waals surface area contributed by atoms with Crippen LogP contribution >= 0.6 is 0 Å². The summed E-state index contributed by atoms with van der Waals surface area (Å²) in [5.74, 6) is -1.52. The standard InChI is InChI=1S/C15H23N3O3/c1-11-6-4-5-7-12(11)17-14(19)10-13(15(20)21)16-8-9-18(2)3/h4-7,13,16H,8-10H2,1-3H3,(H,17,19)(H,20,21)/p+1/t13-/m1/s1. The molecule has 0 fully saturated rings. The summed E-state index contributed by atoms with van der Waals surface area (Å²) < 4.78 is 0. The highest BCUT2D eigenvalue weighted by molar-refractivity contribution is 5.93. The van der Waals surface area contributed by atoms with Crippen LogP contribution in [0.2, 0.25) is 0 Å². The van der Waals surface area contributed by atoms with E-state index in [9.17, 15) is 14.7 Å². The fourth-order valence-electron chi connectivity index (χ4n) is 1.95. The first-order chi connectivity index (χ1) is 9.90. The zero-order valence-electron chi connectivity index (χ0n) is 12.8. The number of benzene rings is 1. The Morgan fingerprint density at radius 1 is 1.33 bits per heavy atom. The third-order valence-electron chi connectivity index (χ3n) is 3.22. The van der Waals surface area contributed by atoms with Crippen LogP contribution in [0.15, 0.2) is 24.3 Å². The molecule has 4 N–H and O–H groups in total. The molecule has 1 amide bonds. The van der Waals surface area contributed by atoms with Gasteiger partial charge in [0.25, 0.3) is 0 Å². The van der Waals surface area contributed by atoms with Gasteiger partial charge in [-0.05, 0) is 18.6 Å². The number of hydrogen-bond acceptors (Lipinski definition) is 3. The van der Waals surface area contributed by atoms with Crippen LogP contribution in [-0.4, -0.2) is 45.1 Å². The molecule has 0 bridgehead atoms. The van der Waals surface area contributed by atoms with Gasteiger partial charge in [-0.2, -0.15) is 0 Å². The normalized spacial score (nSPS) is 12.2. The summed E-state index contributed by atoms with van der Waals surface area (Å²) in [5.41, 5.74) is 1.65. The Balaban J connectivity index is 2.53. The number of aliphatic carboxylic acids is 1. The Morgan fingerprint density at radius 3 is 2.57 bits per heavy atom. The summed E-state index contributed by atoms with van der Waals surface area (Å²) in [6.45, 7) is 3.35. The van der Waals surface area contributed by atoms with E-state index in [-0.39, 0.29) is 12.3 Å². The molecular formula is C15H24N3O3+. The van der Waals surface area contributed by atoms with Crippen molar-refractivity contribution in [2.75, 3.05) is 32.5 Å². The van der Waals surface area contributed by atoms with E-state index in [2.05, 4.69) is 5.32 Å². The number of carbonyl (C=O) groups is 2. The van der Waals surface area contributed by atoms with E-state index >= 15 is 0 Å². The van der Waals surface area contributed by atoms with Crippen molar-refractivity contribution in [1.29, 1.82) is 0 Å². The number of quaternary nitrogens is 2. The average Bonchev–Trinajstić information content (AvgIpc) is 2.39. The average molecular weight is 294 g/mol. The topological polar surface area (TPSA) is 90.3 Å². The molecule has 0 aliphatic heterocycles. The molecule has 0 saturated carbocycles. The number of para-hydroxylation sites is 1. The summed E-state index contributed by atoms with van der Waals surface area (Å²) in [5, 5.41) is 15.5. The molecule has 0 unspecified atom stereocenters. The predicted octanol–water partition coefficient (Wildman–Crippen LogP) is -2.85. The number of rotatable bonds is 8. The van der Waals surface area contributed by atoms with Gasteiger partial charge in [0.2, 0.25) is 5.91 Å². The number of carbonyl (C=O) groups excluding carboxylic acids is 2. The maximum absolute atomic E-state index is 11.9. The summed E-state index contributed by atoms with van der Waals surface area (Å²) in [6.07, 6.45) is -0.0978. The first-order valence-electron chi connectivity index (χ1n) is 7.09. The molecule has 1 rings (SSSR count). The van der Waals surface area contributed by atoms with E-state index in [4.69, 9.17) is 0 Å². The smallest absolute Gasteiger partial charge is 0.230 e. The van der Waals surface area contributed by atoms with Crippen molar-refractivity contribution in [2.24, 2.45) is 0 Å². The number of carboxylic acid groups (broad SMARTS) is 1. The zero-order valence-corrected chi connectivity index (χ0v) is 12.8. The molecule has 0 aromatic heterocycles. The van der Waals surface area contributed by atoms with E-state index in [1.54, 1.807) is 11.4 Å². The van der Waals surface area contributed by atoms with Crippen LogP contribution in [0.1, 0.15) is 12.0 Å². The van der Waals surface area contributed by atoms with E-state index in [0.717, 1.165) is 12.1 Å². The highest BCUT2D eigenvalue weighted by atomic mass is 16.4. The molecule has 6 heteroatoms. The maximum atomic E-state index is 11.9. The highest BCUT2D eigenvalue weighted by Gasteiger charge is 2.18. The quantitative estimate of drug-likeness (QED) is 0.482. The second kappa shape index (κ2) is 8.39. The fourth-order valence-corrected chi connectivity index (χ4v) is 1.95. The van der Waals surface area contributed by atoms with Gasteiger partial charge < -0.3 is 25.4 Å². The number of nitrogens with two attached hydrogens (primary N) is 1. The molecule has 0 spiro atoms. The minimum atomic E-state index is -1.20. The molecule has 1 aromatic rings. The third kappa shape index (κ3) is 6.37. The van der Waals surface area contributed by atoms with Crippen LogP contribution in [0, 0.1) is 6.92 Å². The molecular weight excluding hydrogens is 270 g/mol. The van der Waals surface area contributed by atoms with E-state index in [0.29, 0.717) is 12.2 Å². The van der Waals surface area contributed by atoms with E-state index < -0.39 is 12.0 Å². The van der Waals surface area contributed by atoms with E-state index in [1.807, 2.05) is 39.2 Å². The SMILES string of the molecule is Cc1ccccc1NC(=O)C[C@@H]([NH2+]CC[NH+](C)C)C(=O)[O-]. The largest absolute Gasteiger partial charge is 0.544 e. The monoisotopic (exact) mass is 294 g/mol. The third-order valence-corrected chi connectivity index (χ3v) is 3.22. The Hall–Kier alpha value is -1.92. The molecule has 0 saturated heterocycles. The number of amides is 1. The molecule has 116 valence electrons. The van der Waals surface area contributed by atoms with Gasteiger partial charge in [0.1, 0.15) is 19.1 Å². The summed E-state index contributed by atoms with van der Waals surface area (Å²) in [4.78, 5) is 24.3. The van der Waals surface area contributed by atoms with Crippen molar-refractivity contribution in [3.63, 3.8) is 0 Å². The summed E-state index contributed by atoms with van der Waals surface area (Å²) >= 11 is 0. The van der Waals surface area contributed by atoms with Crippen molar-refractivity contribution in [3.05, 3.63) is 29.8 Å². The minimum Gasteiger partial charge on any atom is -0.544 e. The van der Waals surface area contributed by atoms with Gasteiger partial charge in [-0.25, -0.2) is 0 Å². The first-order valence-corrected chi connectivity index (χ1v) is 7.09. The van der Waals surface area contributed by atoms with Gasteiger partial charge in [0, 0.05) is 5.69 Å². The second-order valence-corrected chi connectivity index (χ2v) is 5.47. The Bertz CT molecular complexity index is 489. The highest BCUT2D eigenvalue weighted by Crippen LogP contribution is 2.13. The van der Waals surface area contributed by atoms with Crippen molar-refractivity contribution < 1.29 is 24.9 Å². The van der Waals surface area contributed by atoms with Crippen LogP contribution in [0.25, 0.3) is 0 Å². The maximum Gasteiger partial charge on any atom is 0.230 e. The van der Waals surface area contributed by atoms with Crippen molar-refractivity contribution >= 4 is 17.6 Å². The van der Waals surface area contributed by atoms with Crippen LogP contribution in [-0.2, 0) is 9.59 Å². The molecule has 0 aliphatic carbocycles. The Morgan fingerprint density at radius 2 is 2.00 bits per heavy atom. The van der Waals surface area contributed by atoms with Gasteiger partial charge in [-0.15, -0.1) is 0 Å². The number of nitrogens with one attached hydrogen (secondary N) is 2. The number of carboxylic acids is 1. The van der Waals surface area contributed by atoms with Gasteiger partial charge in [-0.3, -0.25) is 4.79 Å². The van der Waals surface area contributed by atoms with Crippen molar-refractivity contribution in [1.82, 2.24) is 0 Å². The van der Waals surface area contributed by atoms with Crippen LogP contribution in [0.3, 0.4) is 0 Å². The molecule has 1 aromatic carbocycles. The number of hydrogen-bond donors (Lipinski definition) is 3.